The highest BCUT2D eigenvalue weighted by Crippen LogP contribution is 2.26. The first-order chi connectivity index (χ1) is 11.3. The summed E-state index contributed by atoms with van der Waals surface area (Å²) in [4.78, 5) is 11.0. The van der Waals surface area contributed by atoms with Crippen LogP contribution >= 0.6 is 0 Å². The summed E-state index contributed by atoms with van der Waals surface area (Å²) in [5, 5.41) is 0. The van der Waals surface area contributed by atoms with Gasteiger partial charge in [-0.15, -0.1) is 0 Å². The fourth-order valence-corrected chi connectivity index (χ4v) is 2.31. The molecular formula is C21H26O3. The van der Waals surface area contributed by atoms with Crippen LogP contribution in [-0.4, -0.2) is 11.9 Å². The van der Waals surface area contributed by atoms with E-state index in [0.717, 1.165) is 35.1 Å². The quantitative estimate of drug-likeness (QED) is 0.651. The summed E-state index contributed by atoms with van der Waals surface area (Å²) in [5.41, 5.74) is 3.59. The topological polar surface area (TPSA) is 35.5 Å². The number of carbonyl (C=O) groups excluding carboxylic acids is 1. The Morgan fingerprint density at radius 1 is 1.08 bits per heavy atom. The van der Waals surface area contributed by atoms with Crippen molar-refractivity contribution in [3.8, 4) is 11.5 Å². The Morgan fingerprint density at radius 2 is 1.83 bits per heavy atom. The molecule has 0 unspecified atom stereocenters. The van der Waals surface area contributed by atoms with Gasteiger partial charge in [0.15, 0.2) is 0 Å². The van der Waals surface area contributed by atoms with E-state index in [9.17, 15) is 4.79 Å². The molecule has 0 aromatic heterocycles. The van der Waals surface area contributed by atoms with E-state index >= 15 is 0 Å². The smallest absolute Gasteiger partial charge is 0.150 e. The first-order valence-electron chi connectivity index (χ1n) is 8.31. The molecular weight excluding hydrogens is 300 g/mol. The van der Waals surface area contributed by atoms with Gasteiger partial charge in [-0.1, -0.05) is 19.1 Å². The molecule has 0 aliphatic heterocycles. The van der Waals surface area contributed by atoms with E-state index in [0.29, 0.717) is 17.9 Å². The van der Waals surface area contributed by atoms with Crippen LogP contribution in [0.25, 0.3) is 0 Å². The summed E-state index contributed by atoms with van der Waals surface area (Å²) in [7, 11) is 0. The van der Waals surface area contributed by atoms with Crippen LogP contribution in [0.2, 0.25) is 0 Å². The van der Waals surface area contributed by atoms with E-state index in [-0.39, 0.29) is 5.60 Å². The zero-order valence-electron chi connectivity index (χ0n) is 15.2. The predicted molar refractivity (Wildman–Crippen MR) is 97.1 cm³/mol. The van der Waals surface area contributed by atoms with Crippen LogP contribution in [0.1, 0.15) is 54.2 Å². The number of aldehydes is 1. The first-order valence-corrected chi connectivity index (χ1v) is 8.31. The molecule has 0 fully saturated rings. The molecule has 0 aliphatic rings. The van der Waals surface area contributed by atoms with Gasteiger partial charge in [0.2, 0.25) is 0 Å². The van der Waals surface area contributed by atoms with E-state index < -0.39 is 0 Å². The average Bonchev–Trinajstić information content (AvgIpc) is 2.55. The van der Waals surface area contributed by atoms with Gasteiger partial charge in [-0.25, -0.2) is 0 Å². The Morgan fingerprint density at radius 3 is 2.50 bits per heavy atom. The van der Waals surface area contributed by atoms with Crippen molar-refractivity contribution in [1.82, 2.24) is 0 Å². The summed E-state index contributed by atoms with van der Waals surface area (Å²) in [6, 6.07) is 11.6. The lowest BCUT2D eigenvalue weighted by molar-refractivity contribution is 0.104. The Labute approximate surface area is 144 Å². The molecule has 3 nitrogen and oxygen atoms in total. The molecule has 0 N–H and O–H groups in total. The third-order valence-corrected chi connectivity index (χ3v) is 4.11. The van der Waals surface area contributed by atoms with Crippen LogP contribution in [0.3, 0.4) is 0 Å². The second kappa shape index (κ2) is 7.52. The lowest BCUT2D eigenvalue weighted by Gasteiger charge is -2.26. The molecule has 0 radical (unpaired) electrons. The Balaban J connectivity index is 2.13. The second-order valence-corrected chi connectivity index (χ2v) is 6.80. The maximum absolute atomic E-state index is 11.0. The molecule has 0 spiro atoms. The third kappa shape index (κ3) is 4.85. The number of hydrogen-bond donors (Lipinski definition) is 0. The van der Waals surface area contributed by atoms with Crippen molar-refractivity contribution in [2.75, 3.05) is 0 Å². The maximum Gasteiger partial charge on any atom is 0.150 e. The van der Waals surface area contributed by atoms with E-state index in [1.807, 2.05) is 44.2 Å². The number of ether oxygens (including phenoxy) is 2. The highest BCUT2D eigenvalue weighted by atomic mass is 16.5. The van der Waals surface area contributed by atoms with Crippen molar-refractivity contribution >= 4 is 6.29 Å². The number of rotatable bonds is 7. The van der Waals surface area contributed by atoms with Gasteiger partial charge in [0.05, 0.1) is 0 Å². The Hall–Kier alpha value is -2.29. The normalized spacial score (nSPS) is 11.2. The Bertz CT molecular complexity index is 717. The molecule has 24 heavy (non-hydrogen) atoms. The summed E-state index contributed by atoms with van der Waals surface area (Å²) in [6.07, 6.45) is 1.77. The lowest BCUT2D eigenvalue weighted by Crippen LogP contribution is -2.27. The molecule has 0 bridgehead atoms. The van der Waals surface area contributed by atoms with Crippen LogP contribution < -0.4 is 9.47 Å². The number of aryl methyl sites for hydroxylation is 2. The van der Waals surface area contributed by atoms with Gasteiger partial charge in [-0.05, 0) is 75.1 Å². The maximum atomic E-state index is 11.0. The summed E-state index contributed by atoms with van der Waals surface area (Å²) >= 11 is 0. The van der Waals surface area contributed by atoms with Crippen LogP contribution in [0.15, 0.2) is 36.4 Å². The van der Waals surface area contributed by atoms with Gasteiger partial charge >= 0.3 is 0 Å². The van der Waals surface area contributed by atoms with Crippen LogP contribution in [0.4, 0.5) is 0 Å². The fourth-order valence-electron chi connectivity index (χ4n) is 2.31. The van der Waals surface area contributed by atoms with Gasteiger partial charge in [0.25, 0.3) is 0 Å². The lowest BCUT2D eigenvalue weighted by atomic mass is 10.1. The van der Waals surface area contributed by atoms with Crippen molar-refractivity contribution in [2.45, 2.75) is 53.2 Å². The molecule has 2 aromatic carbocycles. The highest BCUT2D eigenvalue weighted by molar-refractivity contribution is 5.76. The highest BCUT2D eigenvalue weighted by Gasteiger charge is 2.18. The molecule has 2 aromatic rings. The largest absolute Gasteiger partial charge is 0.489 e. The second-order valence-electron chi connectivity index (χ2n) is 6.80. The Kier molecular flexibility index (Phi) is 5.66. The summed E-state index contributed by atoms with van der Waals surface area (Å²) in [5.74, 6) is 1.59. The van der Waals surface area contributed by atoms with Gasteiger partial charge in [-0.2, -0.15) is 0 Å². The zero-order chi connectivity index (χ0) is 17.7. The van der Waals surface area contributed by atoms with Crippen molar-refractivity contribution in [1.29, 1.82) is 0 Å². The molecule has 0 saturated heterocycles. The SMILES string of the molecule is CCC(C)(C)Oc1cc(COc2cc(C)cc(C=O)c2)ccc1C. The molecule has 0 heterocycles. The predicted octanol–water partition coefficient (Wildman–Crippen LogP) is 5.26. The first kappa shape index (κ1) is 18.1. The molecule has 0 saturated carbocycles. The van der Waals surface area contributed by atoms with Gasteiger partial charge in [0, 0.05) is 5.56 Å². The van der Waals surface area contributed by atoms with Crippen LogP contribution in [0.5, 0.6) is 11.5 Å². The van der Waals surface area contributed by atoms with Crippen molar-refractivity contribution in [2.24, 2.45) is 0 Å². The van der Waals surface area contributed by atoms with Gasteiger partial charge < -0.3 is 9.47 Å². The molecule has 0 amide bonds. The van der Waals surface area contributed by atoms with Gasteiger partial charge in [-0.3, -0.25) is 4.79 Å². The van der Waals surface area contributed by atoms with E-state index in [2.05, 4.69) is 20.8 Å². The molecule has 128 valence electrons. The molecule has 3 heteroatoms. The zero-order valence-corrected chi connectivity index (χ0v) is 15.2. The van der Waals surface area contributed by atoms with Crippen molar-refractivity contribution in [3.05, 3.63) is 58.7 Å². The number of benzene rings is 2. The van der Waals surface area contributed by atoms with Gasteiger partial charge in [0.1, 0.15) is 30.0 Å². The van der Waals surface area contributed by atoms with Crippen molar-refractivity contribution < 1.29 is 14.3 Å². The van der Waals surface area contributed by atoms with Crippen LogP contribution in [-0.2, 0) is 6.61 Å². The minimum absolute atomic E-state index is 0.195. The summed E-state index contributed by atoms with van der Waals surface area (Å²) < 4.78 is 12.0. The fraction of sp³-hybridized carbons (Fsp3) is 0.381. The minimum atomic E-state index is -0.195. The van der Waals surface area contributed by atoms with E-state index in [1.54, 1.807) is 6.07 Å². The summed E-state index contributed by atoms with van der Waals surface area (Å²) in [6.45, 7) is 10.7. The number of hydrogen-bond acceptors (Lipinski definition) is 3. The minimum Gasteiger partial charge on any atom is -0.489 e. The van der Waals surface area contributed by atoms with Crippen molar-refractivity contribution in [3.63, 3.8) is 0 Å². The van der Waals surface area contributed by atoms with E-state index in [1.165, 1.54) is 0 Å². The van der Waals surface area contributed by atoms with Crippen LogP contribution in [0, 0.1) is 13.8 Å². The third-order valence-electron chi connectivity index (χ3n) is 4.11. The molecule has 0 aliphatic carbocycles. The molecule has 2 rings (SSSR count). The average molecular weight is 326 g/mol. The molecule has 0 atom stereocenters. The number of carbonyl (C=O) groups is 1. The standard InChI is InChI=1S/C21H26O3/c1-6-21(4,5)24-20-12-17(8-7-16(20)3)14-23-19-10-15(2)9-18(11-19)13-22/h7-13H,6,14H2,1-5H3. The van der Waals surface area contributed by atoms with E-state index in [4.69, 9.17) is 9.47 Å². The monoisotopic (exact) mass is 326 g/mol.